The van der Waals surface area contributed by atoms with Crippen molar-refractivity contribution in [2.45, 2.75) is 65.0 Å². The number of pyridine rings is 1. The van der Waals surface area contributed by atoms with Crippen molar-refractivity contribution in [1.82, 2.24) is 15.2 Å². The summed E-state index contributed by atoms with van der Waals surface area (Å²) in [5.74, 6) is 0. The molecule has 0 spiro atoms. The molecular weight excluding hydrogens is 258 g/mol. The van der Waals surface area contributed by atoms with Gasteiger partial charge in [-0.2, -0.15) is 0 Å². The Hall–Kier alpha value is -0.930. The quantitative estimate of drug-likeness (QED) is 0.829. The Morgan fingerprint density at radius 2 is 2.05 bits per heavy atom. The van der Waals surface area contributed by atoms with Crippen LogP contribution in [-0.4, -0.2) is 35.1 Å². The first-order valence-electron chi connectivity index (χ1n) is 8.52. The van der Waals surface area contributed by atoms with Crippen LogP contribution in [0.1, 0.15) is 63.6 Å². The molecule has 0 aromatic carbocycles. The first-order chi connectivity index (χ1) is 10.1. The molecular formula is C18H31N3. The predicted octanol–water partition coefficient (Wildman–Crippen LogP) is 3.70. The van der Waals surface area contributed by atoms with Gasteiger partial charge in [-0.25, -0.2) is 0 Å². The maximum atomic E-state index is 4.39. The van der Waals surface area contributed by atoms with E-state index in [0.29, 0.717) is 6.04 Å². The summed E-state index contributed by atoms with van der Waals surface area (Å²) in [6.45, 7) is 12.7. The molecule has 0 aliphatic carbocycles. The van der Waals surface area contributed by atoms with Crippen LogP contribution in [0.5, 0.6) is 0 Å². The summed E-state index contributed by atoms with van der Waals surface area (Å²) in [5, 5.41) is 3.81. The molecule has 1 aliphatic heterocycles. The van der Waals surface area contributed by atoms with Gasteiger partial charge in [0.25, 0.3) is 0 Å². The summed E-state index contributed by atoms with van der Waals surface area (Å²) >= 11 is 0. The van der Waals surface area contributed by atoms with Crippen LogP contribution in [0, 0.1) is 6.92 Å². The summed E-state index contributed by atoms with van der Waals surface area (Å²) in [5.41, 5.74) is 2.87. The average molecular weight is 289 g/mol. The van der Waals surface area contributed by atoms with Gasteiger partial charge in [-0.1, -0.05) is 13.8 Å². The molecule has 1 fully saturated rings. The van der Waals surface area contributed by atoms with Crippen LogP contribution in [0.3, 0.4) is 0 Å². The molecule has 3 nitrogen and oxygen atoms in total. The van der Waals surface area contributed by atoms with E-state index < -0.39 is 0 Å². The van der Waals surface area contributed by atoms with E-state index in [4.69, 9.17) is 0 Å². The molecule has 1 aromatic heterocycles. The van der Waals surface area contributed by atoms with Crippen molar-refractivity contribution in [3.8, 4) is 0 Å². The van der Waals surface area contributed by atoms with Crippen LogP contribution in [0.4, 0.5) is 0 Å². The fourth-order valence-electron chi connectivity index (χ4n) is 3.57. The van der Waals surface area contributed by atoms with Gasteiger partial charge < -0.3 is 5.32 Å². The second kappa shape index (κ2) is 7.37. The maximum absolute atomic E-state index is 4.39. The second-order valence-corrected chi connectivity index (χ2v) is 6.52. The van der Waals surface area contributed by atoms with E-state index in [1.54, 1.807) is 0 Å². The third-order valence-corrected chi connectivity index (χ3v) is 5.16. The highest BCUT2D eigenvalue weighted by Gasteiger charge is 2.40. The summed E-state index contributed by atoms with van der Waals surface area (Å²) in [6, 6.07) is 2.49. The SMILES string of the molecule is CCCNC(c1cnccc1C)C(C)(CC)N1CCCC1. The number of rotatable bonds is 7. The highest BCUT2D eigenvalue weighted by Crippen LogP contribution is 2.37. The van der Waals surface area contributed by atoms with Crippen LogP contribution in [0.2, 0.25) is 0 Å². The second-order valence-electron chi connectivity index (χ2n) is 6.52. The number of aromatic nitrogens is 1. The molecule has 3 heteroatoms. The predicted molar refractivity (Wildman–Crippen MR) is 89.5 cm³/mol. The third kappa shape index (κ3) is 3.46. The lowest BCUT2D eigenvalue weighted by Gasteiger charge is -2.45. The first-order valence-corrected chi connectivity index (χ1v) is 8.52. The molecule has 2 rings (SSSR count). The van der Waals surface area contributed by atoms with E-state index in [-0.39, 0.29) is 5.54 Å². The molecule has 2 unspecified atom stereocenters. The number of nitrogens with zero attached hydrogens (tertiary/aromatic N) is 2. The van der Waals surface area contributed by atoms with Crippen molar-refractivity contribution >= 4 is 0 Å². The van der Waals surface area contributed by atoms with Gasteiger partial charge in [0.15, 0.2) is 0 Å². The molecule has 0 amide bonds. The third-order valence-electron chi connectivity index (χ3n) is 5.16. The Kier molecular flexibility index (Phi) is 5.77. The lowest BCUT2D eigenvalue weighted by atomic mass is 9.82. The fraction of sp³-hybridized carbons (Fsp3) is 0.722. The molecule has 0 bridgehead atoms. The number of hydrogen-bond acceptors (Lipinski definition) is 3. The largest absolute Gasteiger partial charge is 0.308 e. The minimum Gasteiger partial charge on any atom is -0.308 e. The molecule has 2 atom stereocenters. The highest BCUT2D eigenvalue weighted by atomic mass is 15.2. The van der Waals surface area contributed by atoms with Crippen LogP contribution in [0.15, 0.2) is 18.5 Å². The van der Waals surface area contributed by atoms with Crippen molar-refractivity contribution in [3.63, 3.8) is 0 Å². The standard InChI is InChI=1S/C18H31N3/c1-5-10-20-17(16-14-19-11-9-15(16)3)18(4,6-2)21-12-7-8-13-21/h9,11,14,17,20H,5-8,10,12-13H2,1-4H3. The number of likely N-dealkylation sites (tertiary alicyclic amines) is 1. The Morgan fingerprint density at radius 1 is 1.33 bits per heavy atom. The lowest BCUT2D eigenvalue weighted by Crippen LogP contribution is -2.53. The number of hydrogen-bond donors (Lipinski definition) is 1. The Bertz CT molecular complexity index is 440. The smallest absolute Gasteiger partial charge is 0.0522 e. The summed E-state index contributed by atoms with van der Waals surface area (Å²) in [7, 11) is 0. The van der Waals surface area contributed by atoms with Crippen LogP contribution in [0.25, 0.3) is 0 Å². The highest BCUT2D eigenvalue weighted by molar-refractivity contribution is 5.28. The molecule has 0 radical (unpaired) electrons. The van der Waals surface area contributed by atoms with Crippen molar-refractivity contribution in [3.05, 3.63) is 29.6 Å². The zero-order chi connectivity index (χ0) is 15.3. The van der Waals surface area contributed by atoms with Gasteiger partial charge in [-0.05, 0) is 76.4 Å². The van der Waals surface area contributed by atoms with E-state index in [0.717, 1.165) is 19.4 Å². The maximum Gasteiger partial charge on any atom is 0.0522 e. The Labute approximate surface area is 130 Å². The lowest BCUT2D eigenvalue weighted by molar-refractivity contribution is 0.0835. The Balaban J connectivity index is 2.35. The average Bonchev–Trinajstić information content (AvgIpc) is 3.03. The van der Waals surface area contributed by atoms with Gasteiger partial charge in [0.05, 0.1) is 6.04 Å². The van der Waals surface area contributed by atoms with Crippen LogP contribution in [-0.2, 0) is 0 Å². The van der Waals surface area contributed by atoms with Gasteiger partial charge in [0, 0.05) is 17.9 Å². The van der Waals surface area contributed by atoms with Gasteiger partial charge in [0.2, 0.25) is 0 Å². The molecule has 1 aliphatic rings. The molecule has 0 saturated carbocycles. The number of aryl methyl sites for hydroxylation is 1. The van der Waals surface area contributed by atoms with Crippen molar-refractivity contribution in [2.24, 2.45) is 0 Å². The topological polar surface area (TPSA) is 28.2 Å². The summed E-state index contributed by atoms with van der Waals surface area (Å²) < 4.78 is 0. The van der Waals surface area contributed by atoms with E-state index in [9.17, 15) is 0 Å². The molecule has 118 valence electrons. The first kappa shape index (κ1) is 16.4. The zero-order valence-electron chi connectivity index (χ0n) is 14.2. The minimum atomic E-state index is 0.166. The molecule has 2 heterocycles. The van der Waals surface area contributed by atoms with Gasteiger partial charge in [-0.3, -0.25) is 9.88 Å². The molecule has 1 N–H and O–H groups in total. The van der Waals surface area contributed by atoms with Crippen LogP contribution < -0.4 is 5.32 Å². The van der Waals surface area contributed by atoms with Crippen LogP contribution >= 0.6 is 0 Å². The monoisotopic (exact) mass is 289 g/mol. The molecule has 1 aromatic rings. The fourth-order valence-corrected chi connectivity index (χ4v) is 3.57. The van der Waals surface area contributed by atoms with Gasteiger partial charge in [-0.15, -0.1) is 0 Å². The normalized spacial score (nSPS) is 20.4. The summed E-state index contributed by atoms with van der Waals surface area (Å²) in [4.78, 5) is 7.08. The van der Waals surface area contributed by atoms with Crippen molar-refractivity contribution < 1.29 is 0 Å². The van der Waals surface area contributed by atoms with Gasteiger partial charge in [0.1, 0.15) is 0 Å². The van der Waals surface area contributed by atoms with E-state index in [2.05, 4.69) is 55.2 Å². The van der Waals surface area contributed by atoms with E-state index >= 15 is 0 Å². The number of nitrogens with one attached hydrogen (secondary N) is 1. The Morgan fingerprint density at radius 3 is 2.62 bits per heavy atom. The van der Waals surface area contributed by atoms with Crippen molar-refractivity contribution in [1.29, 1.82) is 0 Å². The van der Waals surface area contributed by atoms with Crippen molar-refractivity contribution in [2.75, 3.05) is 19.6 Å². The van der Waals surface area contributed by atoms with Gasteiger partial charge >= 0.3 is 0 Å². The minimum absolute atomic E-state index is 0.166. The zero-order valence-corrected chi connectivity index (χ0v) is 14.2. The molecule has 21 heavy (non-hydrogen) atoms. The van der Waals surface area contributed by atoms with E-state index in [1.807, 2.05) is 6.20 Å². The molecule has 1 saturated heterocycles. The summed E-state index contributed by atoms with van der Waals surface area (Å²) in [6.07, 6.45) is 8.95. The van der Waals surface area contributed by atoms with E-state index in [1.165, 1.54) is 37.1 Å².